The van der Waals surface area contributed by atoms with E-state index in [1.54, 1.807) is 0 Å². The first kappa shape index (κ1) is 13.4. The molecule has 1 saturated heterocycles. The number of rotatable bonds is 5. The molecule has 0 bridgehead atoms. The van der Waals surface area contributed by atoms with Crippen molar-refractivity contribution in [2.24, 2.45) is 0 Å². The Labute approximate surface area is 97.4 Å². The van der Waals surface area contributed by atoms with Crippen molar-refractivity contribution in [3.05, 3.63) is 0 Å². The van der Waals surface area contributed by atoms with Gasteiger partial charge < -0.3 is 15.3 Å². The van der Waals surface area contributed by atoms with Gasteiger partial charge in [0.1, 0.15) is 0 Å². The highest BCUT2D eigenvalue weighted by Crippen LogP contribution is 2.12. The molecule has 5 nitrogen and oxygen atoms in total. The van der Waals surface area contributed by atoms with Crippen LogP contribution in [0.3, 0.4) is 0 Å². The first-order chi connectivity index (χ1) is 7.50. The van der Waals surface area contributed by atoms with E-state index in [4.69, 9.17) is 5.11 Å². The van der Waals surface area contributed by atoms with Crippen molar-refractivity contribution in [1.29, 1.82) is 0 Å². The minimum Gasteiger partial charge on any atom is -0.481 e. The topological polar surface area (TPSA) is 55.8 Å². The van der Waals surface area contributed by atoms with E-state index in [9.17, 15) is 4.79 Å². The molecule has 0 aromatic rings. The molecule has 1 aliphatic rings. The monoisotopic (exact) mass is 229 g/mol. The van der Waals surface area contributed by atoms with E-state index in [1.165, 1.54) is 0 Å². The lowest BCUT2D eigenvalue weighted by Gasteiger charge is -2.41. The Bertz CT molecular complexity index is 233. The number of nitrogens with one attached hydrogen (secondary N) is 1. The zero-order valence-corrected chi connectivity index (χ0v) is 10.4. The van der Waals surface area contributed by atoms with Gasteiger partial charge in [-0.05, 0) is 21.0 Å². The second-order valence-corrected chi connectivity index (χ2v) is 4.80. The molecule has 94 valence electrons. The third kappa shape index (κ3) is 4.08. The van der Waals surface area contributed by atoms with Crippen molar-refractivity contribution in [2.45, 2.75) is 25.4 Å². The Hall–Kier alpha value is -0.650. The highest BCUT2D eigenvalue weighted by atomic mass is 16.4. The first-order valence-corrected chi connectivity index (χ1v) is 5.83. The predicted molar refractivity (Wildman–Crippen MR) is 63.6 cm³/mol. The van der Waals surface area contributed by atoms with Crippen molar-refractivity contribution in [1.82, 2.24) is 15.1 Å². The Kier molecular flexibility index (Phi) is 5.18. The van der Waals surface area contributed by atoms with E-state index in [2.05, 4.69) is 22.0 Å². The second kappa shape index (κ2) is 6.18. The summed E-state index contributed by atoms with van der Waals surface area (Å²) in [5.41, 5.74) is 0. The van der Waals surface area contributed by atoms with Gasteiger partial charge in [-0.15, -0.1) is 0 Å². The van der Waals surface area contributed by atoms with Crippen LogP contribution in [0, 0.1) is 0 Å². The van der Waals surface area contributed by atoms with Crippen LogP contribution in [-0.2, 0) is 4.79 Å². The number of carboxylic acid groups (broad SMARTS) is 1. The Morgan fingerprint density at radius 2 is 2.19 bits per heavy atom. The van der Waals surface area contributed by atoms with E-state index in [0.29, 0.717) is 6.04 Å². The molecule has 1 heterocycles. The molecule has 2 N–H and O–H groups in total. The van der Waals surface area contributed by atoms with Crippen molar-refractivity contribution < 1.29 is 9.90 Å². The fourth-order valence-electron chi connectivity index (χ4n) is 2.16. The van der Waals surface area contributed by atoms with Gasteiger partial charge in [0, 0.05) is 38.3 Å². The minimum atomic E-state index is -0.712. The van der Waals surface area contributed by atoms with Crippen LogP contribution in [0.1, 0.15) is 13.3 Å². The highest BCUT2D eigenvalue weighted by molar-refractivity contribution is 5.67. The van der Waals surface area contributed by atoms with Crippen molar-refractivity contribution in [2.75, 3.05) is 40.3 Å². The van der Waals surface area contributed by atoms with Gasteiger partial charge in [0.2, 0.25) is 0 Å². The number of aliphatic carboxylic acids is 1. The van der Waals surface area contributed by atoms with Gasteiger partial charge in [0.25, 0.3) is 0 Å². The summed E-state index contributed by atoms with van der Waals surface area (Å²) in [4.78, 5) is 15.2. The van der Waals surface area contributed by atoms with Crippen molar-refractivity contribution >= 4 is 5.97 Å². The molecular formula is C11H23N3O2. The first-order valence-electron chi connectivity index (χ1n) is 5.83. The van der Waals surface area contributed by atoms with Crippen LogP contribution in [-0.4, -0.2) is 73.2 Å². The summed E-state index contributed by atoms with van der Waals surface area (Å²) in [6.07, 6.45) is 0.227. The number of carbonyl (C=O) groups is 1. The maximum atomic E-state index is 10.8. The summed E-state index contributed by atoms with van der Waals surface area (Å²) in [7, 11) is 4.08. The number of nitrogens with zero attached hydrogens (tertiary/aromatic N) is 2. The smallest absolute Gasteiger partial charge is 0.304 e. The number of hydrogen-bond acceptors (Lipinski definition) is 4. The Morgan fingerprint density at radius 1 is 1.50 bits per heavy atom. The van der Waals surface area contributed by atoms with E-state index in [0.717, 1.165) is 26.2 Å². The molecular weight excluding hydrogens is 206 g/mol. The van der Waals surface area contributed by atoms with Gasteiger partial charge >= 0.3 is 5.97 Å². The molecule has 1 aliphatic heterocycles. The maximum absolute atomic E-state index is 10.8. The van der Waals surface area contributed by atoms with E-state index in [1.807, 2.05) is 14.1 Å². The maximum Gasteiger partial charge on any atom is 0.304 e. The number of carboxylic acids is 1. The lowest BCUT2D eigenvalue weighted by molar-refractivity contribution is -0.138. The average Bonchev–Trinajstić information content (AvgIpc) is 2.15. The van der Waals surface area contributed by atoms with Gasteiger partial charge in [0.05, 0.1) is 6.42 Å². The largest absolute Gasteiger partial charge is 0.481 e. The molecule has 0 radical (unpaired) electrons. The van der Waals surface area contributed by atoms with Gasteiger partial charge in [-0.2, -0.15) is 0 Å². The zero-order valence-electron chi connectivity index (χ0n) is 10.4. The molecule has 0 saturated carbocycles. The summed E-state index contributed by atoms with van der Waals surface area (Å²) in [6.45, 7) is 5.79. The predicted octanol–water partition coefficient (Wildman–Crippen LogP) is -0.315. The van der Waals surface area contributed by atoms with Gasteiger partial charge in [0.15, 0.2) is 0 Å². The van der Waals surface area contributed by atoms with E-state index < -0.39 is 5.97 Å². The molecule has 1 fully saturated rings. The van der Waals surface area contributed by atoms with Crippen molar-refractivity contribution in [3.8, 4) is 0 Å². The Balaban J connectivity index is 2.52. The molecule has 2 unspecified atom stereocenters. The minimum absolute atomic E-state index is 0.126. The Morgan fingerprint density at radius 3 is 2.75 bits per heavy atom. The van der Waals surface area contributed by atoms with Crippen LogP contribution < -0.4 is 5.32 Å². The fraction of sp³-hybridized carbons (Fsp3) is 0.909. The van der Waals surface area contributed by atoms with E-state index in [-0.39, 0.29) is 12.5 Å². The van der Waals surface area contributed by atoms with Crippen LogP contribution in [0.5, 0.6) is 0 Å². The molecule has 0 amide bonds. The standard InChI is InChI=1S/C11H23N3O2/c1-9-7-12-8-10(6-11(15)16)14(9)5-4-13(2)3/h9-10,12H,4-8H2,1-3H3,(H,15,16). The third-order valence-corrected chi connectivity index (χ3v) is 3.07. The van der Waals surface area contributed by atoms with Gasteiger partial charge in [-0.3, -0.25) is 9.69 Å². The molecule has 5 heteroatoms. The third-order valence-electron chi connectivity index (χ3n) is 3.07. The molecule has 0 aromatic carbocycles. The van der Waals surface area contributed by atoms with Crippen LogP contribution in [0.4, 0.5) is 0 Å². The van der Waals surface area contributed by atoms with E-state index >= 15 is 0 Å². The molecule has 1 rings (SSSR count). The SMILES string of the molecule is CC1CNCC(CC(=O)O)N1CCN(C)C. The summed E-state index contributed by atoms with van der Waals surface area (Å²) in [5.74, 6) is -0.712. The number of likely N-dealkylation sites (N-methyl/N-ethyl adjacent to an activating group) is 1. The second-order valence-electron chi connectivity index (χ2n) is 4.80. The zero-order chi connectivity index (χ0) is 12.1. The van der Waals surface area contributed by atoms with Gasteiger partial charge in [-0.25, -0.2) is 0 Å². The van der Waals surface area contributed by atoms with Crippen molar-refractivity contribution in [3.63, 3.8) is 0 Å². The molecule has 16 heavy (non-hydrogen) atoms. The van der Waals surface area contributed by atoms with Gasteiger partial charge in [-0.1, -0.05) is 0 Å². The normalized spacial score (nSPS) is 27.2. The summed E-state index contributed by atoms with van der Waals surface area (Å²) >= 11 is 0. The highest BCUT2D eigenvalue weighted by Gasteiger charge is 2.28. The van der Waals surface area contributed by atoms with Crippen LogP contribution in [0.25, 0.3) is 0 Å². The number of piperazine rings is 1. The molecule has 0 spiro atoms. The van der Waals surface area contributed by atoms with Crippen LogP contribution >= 0.6 is 0 Å². The molecule has 2 atom stereocenters. The molecule has 0 aromatic heterocycles. The molecule has 0 aliphatic carbocycles. The summed E-state index contributed by atoms with van der Waals surface area (Å²) in [6, 6.07) is 0.541. The lowest BCUT2D eigenvalue weighted by atomic mass is 10.1. The average molecular weight is 229 g/mol. The lowest BCUT2D eigenvalue weighted by Crippen LogP contribution is -2.58. The van der Waals surface area contributed by atoms with Crippen LogP contribution in [0.15, 0.2) is 0 Å². The quantitative estimate of drug-likeness (QED) is 0.677. The van der Waals surface area contributed by atoms with Crippen LogP contribution in [0.2, 0.25) is 0 Å². The fourth-order valence-corrected chi connectivity index (χ4v) is 2.16. The summed E-state index contributed by atoms with van der Waals surface area (Å²) < 4.78 is 0. The number of hydrogen-bond donors (Lipinski definition) is 2. The summed E-state index contributed by atoms with van der Waals surface area (Å²) in [5, 5.41) is 12.2.